The van der Waals surface area contributed by atoms with Crippen LogP contribution in [0.1, 0.15) is 23.2 Å². The number of furan rings is 1. The summed E-state index contributed by atoms with van der Waals surface area (Å²) in [6.45, 7) is 1.68. The molecule has 0 unspecified atom stereocenters. The van der Waals surface area contributed by atoms with Gasteiger partial charge in [0.25, 0.3) is 5.91 Å². The van der Waals surface area contributed by atoms with Gasteiger partial charge >= 0.3 is 0 Å². The highest BCUT2D eigenvalue weighted by atomic mass is 16.3. The number of aromatic nitrogens is 2. The number of carbonyl (C=O) groups excluding carboxylic acids is 1. The zero-order chi connectivity index (χ0) is 11.7. The molecule has 1 N–H and O–H groups in total. The summed E-state index contributed by atoms with van der Waals surface area (Å²) in [7, 11) is 0. The lowest BCUT2D eigenvalue weighted by Crippen LogP contribution is -2.27. The summed E-state index contributed by atoms with van der Waals surface area (Å²) in [6, 6.07) is 1.81. The van der Waals surface area contributed by atoms with Gasteiger partial charge in [0, 0.05) is 18.7 Å². The number of H-pyrrole nitrogens is 1. The molecule has 1 saturated heterocycles. The molecule has 0 atom stereocenters. The molecule has 0 radical (unpaired) electrons. The van der Waals surface area contributed by atoms with Crippen LogP contribution < -0.4 is 0 Å². The van der Waals surface area contributed by atoms with Gasteiger partial charge in [0.05, 0.1) is 30.0 Å². The van der Waals surface area contributed by atoms with Crippen LogP contribution in [0.5, 0.6) is 0 Å². The summed E-state index contributed by atoms with van der Waals surface area (Å²) in [6.07, 6.45) is 6.95. The normalized spacial score (nSPS) is 15.4. The summed E-state index contributed by atoms with van der Waals surface area (Å²) in [4.78, 5) is 14.1. The third-order valence-corrected chi connectivity index (χ3v) is 3.07. The van der Waals surface area contributed by atoms with Crippen molar-refractivity contribution in [2.45, 2.75) is 12.8 Å². The van der Waals surface area contributed by atoms with Crippen LogP contribution in [0.2, 0.25) is 0 Å². The second-order valence-electron chi connectivity index (χ2n) is 4.17. The number of nitrogens with one attached hydrogen (secondary N) is 1. The molecule has 3 heterocycles. The highest BCUT2D eigenvalue weighted by Crippen LogP contribution is 2.23. The van der Waals surface area contributed by atoms with E-state index in [-0.39, 0.29) is 5.91 Å². The van der Waals surface area contributed by atoms with E-state index in [1.54, 1.807) is 18.7 Å². The minimum Gasteiger partial charge on any atom is -0.472 e. The summed E-state index contributed by atoms with van der Waals surface area (Å²) < 4.78 is 5.03. The number of rotatable bonds is 2. The molecular formula is C12H13N3O2. The molecular weight excluding hydrogens is 218 g/mol. The molecule has 2 aromatic heterocycles. The fourth-order valence-corrected chi connectivity index (χ4v) is 2.17. The summed E-state index contributed by atoms with van der Waals surface area (Å²) >= 11 is 0. The Morgan fingerprint density at radius 3 is 2.94 bits per heavy atom. The first-order valence-corrected chi connectivity index (χ1v) is 5.71. The van der Waals surface area contributed by atoms with Crippen LogP contribution in [0.25, 0.3) is 11.3 Å². The Kier molecular flexibility index (Phi) is 2.44. The van der Waals surface area contributed by atoms with Crippen LogP contribution >= 0.6 is 0 Å². The highest BCUT2D eigenvalue weighted by Gasteiger charge is 2.23. The van der Waals surface area contributed by atoms with Crippen LogP contribution in [0.3, 0.4) is 0 Å². The third-order valence-electron chi connectivity index (χ3n) is 3.07. The van der Waals surface area contributed by atoms with Gasteiger partial charge in [0.1, 0.15) is 0 Å². The van der Waals surface area contributed by atoms with E-state index in [0.29, 0.717) is 5.56 Å². The predicted octanol–water partition coefficient (Wildman–Crippen LogP) is 1.91. The monoisotopic (exact) mass is 231 g/mol. The van der Waals surface area contributed by atoms with Crippen molar-refractivity contribution < 1.29 is 9.21 Å². The van der Waals surface area contributed by atoms with Gasteiger partial charge in [-0.25, -0.2) is 0 Å². The van der Waals surface area contributed by atoms with Gasteiger partial charge in [-0.05, 0) is 18.9 Å². The molecule has 5 nitrogen and oxygen atoms in total. The quantitative estimate of drug-likeness (QED) is 0.858. The molecule has 1 aliphatic heterocycles. The van der Waals surface area contributed by atoms with E-state index in [1.165, 1.54) is 0 Å². The number of nitrogens with zero attached hydrogens (tertiary/aromatic N) is 2. The Hall–Kier alpha value is -2.04. The van der Waals surface area contributed by atoms with Crippen LogP contribution in [0, 0.1) is 0 Å². The lowest BCUT2D eigenvalue weighted by Gasteiger charge is -2.14. The number of likely N-dealkylation sites (tertiary alicyclic amines) is 1. The lowest BCUT2D eigenvalue weighted by atomic mass is 10.1. The van der Waals surface area contributed by atoms with E-state index in [0.717, 1.165) is 37.2 Å². The van der Waals surface area contributed by atoms with Crippen molar-refractivity contribution in [2.75, 3.05) is 13.1 Å². The van der Waals surface area contributed by atoms with Gasteiger partial charge in [-0.2, -0.15) is 5.10 Å². The van der Waals surface area contributed by atoms with Crippen molar-refractivity contribution in [1.82, 2.24) is 15.1 Å². The van der Waals surface area contributed by atoms with E-state index in [2.05, 4.69) is 10.2 Å². The van der Waals surface area contributed by atoms with Crippen molar-refractivity contribution >= 4 is 5.91 Å². The number of aromatic amines is 1. The van der Waals surface area contributed by atoms with Crippen molar-refractivity contribution in [3.8, 4) is 11.3 Å². The van der Waals surface area contributed by atoms with Crippen LogP contribution in [-0.2, 0) is 0 Å². The first kappa shape index (κ1) is 10.1. The average molecular weight is 231 g/mol. The number of carbonyl (C=O) groups is 1. The van der Waals surface area contributed by atoms with Gasteiger partial charge in [0.15, 0.2) is 0 Å². The lowest BCUT2D eigenvalue weighted by molar-refractivity contribution is 0.0793. The molecule has 3 rings (SSSR count). The van der Waals surface area contributed by atoms with E-state index in [4.69, 9.17) is 4.42 Å². The summed E-state index contributed by atoms with van der Waals surface area (Å²) in [5.41, 5.74) is 2.20. The maximum atomic E-state index is 12.3. The third kappa shape index (κ3) is 1.73. The first-order valence-electron chi connectivity index (χ1n) is 5.71. The fourth-order valence-electron chi connectivity index (χ4n) is 2.17. The van der Waals surface area contributed by atoms with E-state index in [9.17, 15) is 4.79 Å². The molecule has 17 heavy (non-hydrogen) atoms. The minimum absolute atomic E-state index is 0.0486. The Labute approximate surface area is 98.4 Å². The van der Waals surface area contributed by atoms with Crippen molar-refractivity contribution in [1.29, 1.82) is 0 Å². The number of hydrogen-bond donors (Lipinski definition) is 1. The fraction of sp³-hybridized carbons (Fsp3) is 0.333. The molecule has 5 heteroatoms. The molecule has 1 aliphatic rings. The van der Waals surface area contributed by atoms with Crippen LogP contribution in [0.15, 0.2) is 29.2 Å². The zero-order valence-corrected chi connectivity index (χ0v) is 9.35. The molecule has 2 aromatic rings. The Bertz CT molecular complexity index is 510. The first-order chi connectivity index (χ1) is 8.36. The van der Waals surface area contributed by atoms with Gasteiger partial charge in [-0.1, -0.05) is 0 Å². The summed E-state index contributed by atoms with van der Waals surface area (Å²) in [5, 5.41) is 6.81. The van der Waals surface area contributed by atoms with E-state index >= 15 is 0 Å². The molecule has 0 bridgehead atoms. The molecule has 0 spiro atoms. The molecule has 0 aliphatic carbocycles. The van der Waals surface area contributed by atoms with Gasteiger partial charge in [-0.3, -0.25) is 9.89 Å². The molecule has 88 valence electrons. The second-order valence-corrected chi connectivity index (χ2v) is 4.17. The second kappa shape index (κ2) is 4.08. The van der Waals surface area contributed by atoms with Gasteiger partial charge in [-0.15, -0.1) is 0 Å². The average Bonchev–Trinajstić information content (AvgIpc) is 3.09. The van der Waals surface area contributed by atoms with Gasteiger partial charge in [0.2, 0.25) is 0 Å². The zero-order valence-electron chi connectivity index (χ0n) is 9.35. The molecule has 1 fully saturated rings. The number of amides is 1. The van der Waals surface area contributed by atoms with Crippen molar-refractivity contribution in [3.63, 3.8) is 0 Å². The van der Waals surface area contributed by atoms with Crippen LogP contribution in [0.4, 0.5) is 0 Å². The maximum Gasteiger partial charge on any atom is 0.257 e. The number of hydrogen-bond acceptors (Lipinski definition) is 3. The predicted molar refractivity (Wildman–Crippen MR) is 61.4 cm³/mol. The topological polar surface area (TPSA) is 62.1 Å². The van der Waals surface area contributed by atoms with Crippen molar-refractivity contribution in [3.05, 3.63) is 30.4 Å². The SMILES string of the molecule is O=C(c1cn[nH]c1-c1ccoc1)N1CCCC1. The largest absolute Gasteiger partial charge is 0.472 e. The maximum absolute atomic E-state index is 12.3. The molecule has 0 aromatic carbocycles. The smallest absolute Gasteiger partial charge is 0.257 e. The molecule has 1 amide bonds. The van der Waals surface area contributed by atoms with Gasteiger partial charge < -0.3 is 9.32 Å². The summed E-state index contributed by atoms with van der Waals surface area (Å²) in [5.74, 6) is 0.0486. The Morgan fingerprint density at radius 1 is 1.41 bits per heavy atom. The highest BCUT2D eigenvalue weighted by molar-refractivity contribution is 5.99. The minimum atomic E-state index is 0.0486. The van der Waals surface area contributed by atoms with Crippen molar-refractivity contribution in [2.24, 2.45) is 0 Å². The van der Waals surface area contributed by atoms with E-state index in [1.807, 2.05) is 11.0 Å². The Balaban J connectivity index is 1.93. The standard InChI is InChI=1S/C12H13N3O2/c16-12(15-4-1-2-5-15)10-7-13-14-11(10)9-3-6-17-8-9/h3,6-8H,1-2,4-5H2,(H,13,14). The Morgan fingerprint density at radius 2 is 2.24 bits per heavy atom. The van der Waals surface area contributed by atoms with Crippen LogP contribution in [-0.4, -0.2) is 34.1 Å². The molecule has 0 saturated carbocycles. The van der Waals surface area contributed by atoms with E-state index < -0.39 is 0 Å².